The number of hydrogen-bond acceptors (Lipinski definition) is 7. The van der Waals surface area contributed by atoms with E-state index in [0.717, 1.165) is 16.7 Å². The highest BCUT2D eigenvalue weighted by atomic mass is 35.5. The van der Waals surface area contributed by atoms with Crippen molar-refractivity contribution in [2.24, 2.45) is 0 Å². The smallest absolute Gasteiger partial charge is 0.359 e. The lowest BCUT2D eigenvalue weighted by atomic mass is 10.1. The van der Waals surface area contributed by atoms with Crippen molar-refractivity contribution in [1.82, 2.24) is 15.3 Å². The summed E-state index contributed by atoms with van der Waals surface area (Å²) in [6.45, 7) is 4.95. The van der Waals surface area contributed by atoms with E-state index in [1.807, 2.05) is 32.9 Å². The maximum Gasteiger partial charge on any atom is 0.359 e. The lowest BCUT2D eigenvalue weighted by molar-refractivity contribution is -0.126. The zero-order valence-electron chi connectivity index (χ0n) is 16.5. The molecule has 0 aliphatic carbocycles. The fourth-order valence-corrected chi connectivity index (χ4v) is 3.09. The van der Waals surface area contributed by atoms with Crippen LogP contribution >= 0.6 is 23.4 Å². The van der Waals surface area contributed by atoms with Crippen LogP contribution in [0.15, 0.2) is 23.5 Å². The lowest BCUT2D eigenvalue weighted by Crippen LogP contribution is -2.35. The number of nitrogens with zero attached hydrogens (tertiary/aromatic N) is 2. The molecule has 8 nitrogen and oxygen atoms in total. The van der Waals surface area contributed by atoms with E-state index < -0.39 is 18.5 Å². The third-order valence-corrected chi connectivity index (χ3v) is 4.66. The maximum absolute atomic E-state index is 12.1. The average molecular weight is 437 g/mol. The minimum absolute atomic E-state index is 0.0245. The van der Waals surface area contributed by atoms with Gasteiger partial charge in [-0.25, -0.2) is 14.8 Å². The number of aromatic nitrogens is 2. The van der Waals surface area contributed by atoms with Crippen LogP contribution in [0, 0.1) is 20.8 Å². The van der Waals surface area contributed by atoms with Gasteiger partial charge in [-0.15, -0.1) is 0 Å². The molecule has 2 rings (SSSR count). The van der Waals surface area contributed by atoms with Gasteiger partial charge in [0.05, 0.1) is 17.8 Å². The normalized spacial score (nSPS) is 10.4. The molecule has 0 saturated heterocycles. The van der Waals surface area contributed by atoms with Crippen molar-refractivity contribution in [2.45, 2.75) is 25.9 Å². The number of halogens is 1. The van der Waals surface area contributed by atoms with Gasteiger partial charge in [-0.3, -0.25) is 9.59 Å². The van der Waals surface area contributed by atoms with Crippen LogP contribution in [0.2, 0.25) is 5.02 Å². The first kappa shape index (κ1) is 22.6. The van der Waals surface area contributed by atoms with Crippen molar-refractivity contribution in [2.75, 3.05) is 24.7 Å². The highest BCUT2D eigenvalue weighted by Crippen LogP contribution is 2.21. The topological polar surface area (TPSA) is 110 Å². The number of rotatable bonds is 7. The Bertz CT molecular complexity index is 929. The Morgan fingerprint density at radius 2 is 1.79 bits per heavy atom. The van der Waals surface area contributed by atoms with Crippen molar-refractivity contribution in [3.63, 3.8) is 0 Å². The van der Waals surface area contributed by atoms with E-state index in [1.54, 1.807) is 6.26 Å². The van der Waals surface area contributed by atoms with Crippen LogP contribution in [0.3, 0.4) is 0 Å². The largest absolute Gasteiger partial charge is 0.451 e. The first-order chi connectivity index (χ1) is 13.7. The molecular weight excluding hydrogens is 416 g/mol. The van der Waals surface area contributed by atoms with Crippen molar-refractivity contribution >= 4 is 46.8 Å². The Kier molecular flexibility index (Phi) is 7.98. The van der Waals surface area contributed by atoms with Crippen LogP contribution in [-0.2, 0) is 14.3 Å². The van der Waals surface area contributed by atoms with Crippen LogP contribution in [0.1, 0.15) is 27.2 Å². The van der Waals surface area contributed by atoms with E-state index >= 15 is 0 Å². The standard InChI is InChI=1S/C19H21ClN4O4S/c1-10-5-11(2)16(12(3)6-10)23-14(25)8-21-15(26)9-28-18(27)17-13(20)7-22-19(24-17)29-4/h5-7H,8-9H2,1-4H3,(H,21,26)(H,23,25). The predicted molar refractivity (Wildman–Crippen MR) is 111 cm³/mol. The summed E-state index contributed by atoms with van der Waals surface area (Å²) in [6.07, 6.45) is 3.03. The molecule has 0 spiro atoms. The molecule has 0 radical (unpaired) electrons. The van der Waals surface area contributed by atoms with E-state index in [2.05, 4.69) is 20.6 Å². The molecule has 29 heavy (non-hydrogen) atoms. The van der Waals surface area contributed by atoms with E-state index in [1.165, 1.54) is 18.0 Å². The van der Waals surface area contributed by atoms with Gasteiger partial charge >= 0.3 is 5.97 Å². The highest BCUT2D eigenvalue weighted by molar-refractivity contribution is 7.98. The monoisotopic (exact) mass is 436 g/mol. The molecule has 2 amide bonds. The first-order valence-electron chi connectivity index (χ1n) is 8.59. The van der Waals surface area contributed by atoms with Gasteiger partial charge in [0.1, 0.15) is 0 Å². The molecule has 2 N–H and O–H groups in total. The van der Waals surface area contributed by atoms with Gasteiger partial charge in [0, 0.05) is 5.69 Å². The van der Waals surface area contributed by atoms with E-state index in [9.17, 15) is 14.4 Å². The predicted octanol–water partition coefficient (Wildman–Crippen LogP) is 2.69. The summed E-state index contributed by atoms with van der Waals surface area (Å²) >= 11 is 7.13. The number of esters is 1. The quantitative estimate of drug-likeness (QED) is 0.390. The fourth-order valence-electron chi connectivity index (χ4n) is 2.58. The Hall–Kier alpha value is -2.65. The van der Waals surface area contributed by atoms with Crippen LogP contribution in [0.5, 0.6) is 0 Å². The number of anilines is 1. The molecule has 0 atom stereocenters. The Morgan fingerprint density at radius 1 is 1.14 bits per heavy atom. The molecular formula is C19H21ClN4O4S. The second-order valence-corrected chi connectivity index (χ2v) is 7.41. The van der Waals surface area contributed by atoms with Gasteiger partial charge in [0.15, 0.2) is 17.5 Å². The van der Waals surface area contributed by atoms with Gasteiger partial charge in [0.2, 0.25) is 5.91 Å². The molecule has 0 aliphatic heterocycles. The number of carbonyl (C=O) groups is 3. The molecule has 1 aromatic heterocycles. The second kappa shape index (κ2) is 10.2. The molecule has 0 fully saturated rings. The number of nitrogens with one attached hydrogen (secondary N) is 2. The van der Waals surface area contributed by atoms with Crippen molar-refractivity contribution in [3.05, 3.63) is 45.7 Å². The number of benzene rings is 1. The van der Waals surface area contributed by atoms with Crippen molar-refractivity contribution < 1.29 is 19.1 Å². The summed E-state index contributed by atoms with van der Waals surface area (Å²) in [5, 5.41) is 5.55. The molecule has 154 valence electrons. The third kappa shape index (κ3) is 6.43. The van der Waals surface area contributed by atoms with Crippen LogP contribution in [-0.4, -0.2) is 47.2 Å². The van der Waals surface area contributed by atoms with Crippen LogP contribution in [0.25, 0.3) is 0 Å². The molecule has 1 heterocycles. The Labute approximate surface area is 177 Å². The second-order valence-electron chi connectivity index (χ2n) is 6.23. The van der Waals surface area contributed by atoms with Gasteiger partial charge < -0.3 is 15.4 Å². The number of thioether (sulfide) groups is 1. The minimum Gasteiger partial charge on any atom is -0.451 e. The first-order valence-corrected chi connectivity index (χ1v) is 10.2. The summed E-state index contributed by atoms with van der Waals surface area (Å²) < 4.78 is 4.91. The number of hydrogen-bond donors (Lipinski definition) is 2. The molecule has 2 aromatic rings. The van der Waals surface area contributed by atoms with Crippen LogP contribution < -0.4 is 10.6 Å². The summed E-state index contributed by atoms with van der Waals surface area (Å²) in [5.41, 5.74) is 3.55. The summed E-state index contributed by atoms with van der Waals surface area (Å²) in [6, 6.07) is 3.92. The summed E-state index contributed by atoms with van der Waals surface area (Å²) in [7, 11) is 0. The van der Waals surface area contributed by atoms with Crippen LogP contribution in [0.4, 0.5) is 5.69 Å². The van der Waals surface area contributed by atoms with Crippen molar-refractivity contribution in [3.8, 4) is 0 Å². The van der Waals surface area contributed by atoms with E-state index in [-0.39, 0.29) is 23.2 Å². The number of aryl methyl sites for hydroxylation is 3. The van der Waals surface area contributed by atoms with Gasteiger partial charge in [-0.05, 0) is 38.2 Å². The molecule has 0 saturated carbocycles. The molecule has 10 heteroatoms. The highest BCUT2D eigenvalue weighted by Gasteiger charge is 2.17. The Balaban J connectivity index is 1.84. The number of ether oxygens (including phenoxy) is 1. The summed E-state index contributed by atoms with van der Waals surface area (Å²) in [4.78, 5) is 43.9. The van der Waals surface area contributed by atoms with Crippen molar-refractivity contribution in [1.29, 1.82) is 0 Å². The minimum atomic E-state index is -0.849. The van der Waals surface area contributed by atoms with Gasteiger partial charge in [0.25, 0.3) is 5.91 Å². The Morgan fingerprint density at radius 3 is 2.41 bits per heavy atom. The zero-order chi connectivity index (χ0) is 21.6. The van der Waals surface area contributed by atoms with Gasteiger partial charge in [-0.1, -0.05) is 41.1 Å². The van der Waals surface area contributed by atoms with E-state index in [0.29, 0.717) is 10.8 Å². The third-order valence-electron chi connectivity index (χ3n) is 3.82. The maximum atomic E-state index is 12.1. The van der Waals surface area contributed by atoms with Gasteiger partial charge in [-0.2, -0.15) is 0 Å². The SMILES string of the molecule is CSc1ncc(Cl)c(C(=O)OCC(=O)NCC(=O)Nc2c(C)cc(C)cc2C)n1. The average Bonchev–Trinajstić information content (AvgIpc) is 2.67. The fraction of sp³-hybridized carbons (Fsp3) is 0.316. The summed E-state index contributed by atoms with van der Waals surface area (Å²) in [5.74, 6) is -1.86. The molecule has 1 aromatic carbocycles. The molecule has 0 bridgehead atoms. The molecule has 0 unspecified atom stereocenters. The lowest BCUT2D eigenvalue weighted by Gasteiger charge is -2.13. The van der Waals surface area contributed by atoms with E-state index in [4.69, 9.17) is 16.3 Å². The number of carbonyl (C=O) groups excluding carboxylic acids is 3. The molecule has 0 aliphatic rings. The number of amides is 2. The zero-order valence-corrected chi connectivity index (χ0v) is 18.0.